The van der Waals surface area contributed by atoms with Crippen molar-refractivity contribution in [1.82, 2.24) is 4.98 Å². The van der Waals surface area contributed by atoms with Gasteiger partial charge in [0, 0.05) is 11.9 Å². The largest absolute Gasteiger partial charge is 0.457 e. The van der Waals surface area contributed by atoms with Crippen LogP contribution in [-0.2, 0) is 21.4 Å². The molecule has 0 unspecified atom stereocenters. The van der Waals surface area contributed by atoms with Crippen molar-refractivity contribution < 1.29 is 17.9 Å². The molecule has 0 amide bonds. The molecule has 3 aromatic rings. The quantitative estimate of drug-likeness (QED) is 0.627. The van der Waals surface area contributed by atoms with Crippen molar-refractivity contribution in [3.8, 4) is 0 Å². The molecule has 0 aliphatic heterocycles. The number of hydrogen-bond acceptors (Lipinski definition) is 7. The van der Waals surface area contributed by atoms with Gasteiger partial charge < -0.3 is 10.5 Å². The molecular weight excluding hydrogens is 374 g/mol. The second-order valence-electron chi connectivity index (χ2n) is 5.28. The maximum atomic E-state index is 12.3. The van der Waals surface area contributed by atoms with Crippen molar-refractivity contribution >= 4 is 38.8 Å². The van der Waals surface area contributed by atoms with Crippen LogP contribution < -0.4 is 10.5 Å². The number of thiophene rings is 1. The first kappa shape index (κ1) is 17.9. The number of esters is 1. The van der Waals surface area contributed by atoms with Gasteiger partial charge in [-0.1, -0.05) is 12.1 Å². The number of aromatic nitrogens is 1. The summed E-state index contributed by atoms with van der Waals surface area (Å²) in [6.45, 7) is 0.0384. The average molecular weight is 389 g/mol. The van der Waals surface area contributed by atoms with E-state index in [9.17, 15) is 13.2 Å². The molecule has 9 heteroatoms. The lowest BCUT2D eigenvalue weighted by Gasteiger charge is -2.09. The fraction of sp³-hybridized carbons (Fsp3) is 0.0588. The molecule has 0 aliphatic rings. The molecule has 0 fully saturated rings. The Bertz CT molecular complexity index is 1020. The van der Waals surface area contributed by atoms with Crippen LogP contribution in [0.15, 0.2) is 64.3 Å². The van der Waals surface area contributed by atoms with E-state index in [1.165, 1.54) is 18.3 Å². The SMILES string of the molecule is Nc1cc(COC(=O)c2cccc(NS(=O)(=O)c3cccs3)c2)ccn1. The zero-order valence-corrected chi connectivity index (χ0v) is 15.1. The molecular formula is C17H15N3O4S2. The summed E-state index contributed by atoms with van der Waals surface area (Å²) in [5.74, 6) is -0.235. The predicted octanol–water partition coefficient (Wildman–Crippen LogP) is 2.88. The van der Waals surface area contributed by atoms with Gasteiger partial charge in [-0.2, -0.15) is 0 Å². The van der Waals surface area contributed by atoms with Crippen LogP contribution >= 0.6 is 11.3 Å². The first-order valence-corrected chi connectivity index (χ1v) is 9.84. The molecule has 2 heterocycles. The van der Waals surface area contributed by atoms with Crippen molar-refractivity contribution in [3.05, 3.63) is 71.2 Å². The molecule has 0 bridgehead atoms. The number of benzene rings is 1. The highest BCUT2D eigenvalue weighted by Gasteiger charge is 2.16. The van der Waals surface area contributed by atoms with Gasteiger partial charge in [-0.15, -0.1) is 11.3 Å². The molecule has 3 N–H and O–H groups in total. The molecule has 1 aromatic carbocycles. The summed E-state index contributed by atoms with van der Waals surface area (Å²) in [6.07, 6.45) is 1.53. The van der Waals surface area contributed by atoms with Crippen LogP contribution in [-0.4, -0.2) is 19.4 Å². The minimum Gasteiger partial charge on any atom is -0.457 e. The minimum absolute atomic E-state index is 0.0384. The Morgan fingerprint density at radius 3 is 2.77 bits per heavy atom. The number of nitrogens with two attached hydrogens (primary N) is 1. The first-order valence-electron chi connectivity index (χ1n) is 7.48. The number of carbonyl (C=O) groups excluding carboxylic acids is 1. The number of rotatable bonds is 6. The van der Waals surface area contributed by atoms with Gasteiger partial charge in [0.15, 0.2) is 0 Å². The number of pyridine rings is 1. The van der Waals surface area contributed by atoms with Gasteiger partial charge in [-0.3, -0.25) is 4.72 Å². The van der Waals surface area contributed by atoms with Crippen molar-refractivity contribution in [1.29, 1.82) is 0 Å². The molecule has 0 spiro atoms. The Hall–Kier alpha value is -2.91. The van der Waals surface area contributed by atoms with Crippen LogP contribution in [0.2, 0.25) is 0 Å². The molecule has 0 saturated heterocycles. The van der Waals surface area contributed by atoms with Crippen LogP contribution in [0.3, 0.4) is 0 Å². The van der Waals surface area contributed by atoms with E-state index in [-0.39, 0.29) is 22.1 Å². The fourth-order valence-electron chi connectivity index (χ4n) is 2.15. The Kier molecular flexibility index (Phi) is 5.19. The number of anilines is 2. The summed E-state index contributed by atoms with van der Waals surface area (Å²) < 4.78 is 32.4. The van der Waals surface area contributed by atoms with Crippen LogP contribution in [0.5, 0.6) is 0 Å². The lowest BCUT2D eigenvalue weighted by Crippen LogP contribution is -2.12. The van der Waals surface area contributed by atoms with Crippen molar-refractivity contribution in [2.24, 2.45) is 0 Å². The highest BCUT2D eigenvalue weighted by molar-refractivity contribution is 7.94. The summed E-state index contributed by atoms with van der Waals surface area (Å²) in [7, 11) is -3.68. The smallest absolute Gasteiger partial charge is 0.338 e. The number of hydrogen-bond donors (Lipinski definition) is 2. The van der Waals surface area contributed by atoms with Crippen LogP contribution in [0.1, 0.15) is 15.9 Å². The third-order valence-corrected chi connectivity index (χ3v) is 6.10. The van der Waals surface area contributed by atoms with Gasteiger partial charge in [0.1, 0.15) is 16.6 Å². The van der Waals surface area contributed by atoms with E-state index in [0.717, 1.165) is 11.3 Å². The van der Waals surface area contributed by atoms with Gasteiger partial charge in [0.2, 0.25) is 0 Å². The van der Waals surface area contributed by atoms with Gasteiger partial charge in [0.05, 0.1) is 5.56 Å². The number of nitrogens with zero attached hydrogens (tertiary/aromatic N) is 1. The van der Waals surface area contributed by atoms with Crippen molar-refractivity contribution in [3.63, 3.8) is 0 Å². The highest BCUT2D eigenvalue weighted by atomic mass is 32.2. The summed E-state index contributed by atoms with van der Waals surface area (Å²) in [4.78, 5) is 16.1. The normalized spacial score (nSPS) is 11.1. The van der Waals surface area contributed by atoms with Crippen LogP contribution in [0.4, 0.5) is 11.5 Å². The summed E-state index contributed by atoms with van der Waals surface area (Å²) in [5.41, 5.74) is 6.80. The number of ether oxygens (including phenoxy) is 1. The third kappa shape index (κ3) is 4.38. The number of nitrogen functional groups attached to an aromatic ring is 1. The maximum absolute atomic E-state index is 12.3. The maximum Gasteiger partial charge on any atom is 0.338 e. The van der Waals surface area contributed by atoms with E-state index in [2.05, 4.69) is 9.71 Å². The lowest BCUT2D eigenvalue weighted by molar-refractivity contribution is 0.0472. The van der Waals surface area contributed by atoms with Gasteiger partial charge in [-0.25, -0.2) is 18.2 Å². The van der Waals surface area contributed by atoms with E-state index >= 15 is 0 Å². The second kappa shape index (κ2) is 7.54. The Morgan fingerprint density at radius 1 is 1.19 bits per heavy atom. The molecule has 0 aliphatic carbocycles. The Balaban J connectivity index is 1.69. The molecule has 2 aromatic heterocycles. The molecule has 26 heavy (non-hydrogen) atoms. The topological polar surface area (TPSA) is 111 Å². The highest BCUT2D eigenvalue weighted by Crippen LogP contribution is 2.21. The van der Waals surface area contributed by atoms with Gasteiger partial charge in [0.25, 0.3) is 10.0 Å². The standard InChI is InChI=1S/C17H15N3O4S2/c18-15-9-12(6-7-19-15)11-24-17(21)13-3-1-4-14(10-13)20-26(22,23)16-5-2-8-25-16/h1-10,20H,11H2,(H2,18,19). The summed E-state index contributed by atoms with van der Waals surface area (Å²) >= 11 is 1.11. The minimum atomic E-state index is -3.68. The molecule has 0 radical (unpaired) electrons. The molecule has 0 saturated carbocycles. The molecule has 7 nitrogen and oxygen atoms in total. The fourth-order valence-corrected chi connectivity index (χ4v) is 4.19. The van der Waals surface area contributed by atoms with Crippen LogP contribution in [0.25, 0.3) is 0 Å². The molecule has 3 rings (SSSR count). The van der Waals surface area contributed by atoms with Crippen LogP contribution in [0, 0.1) is 0 Å². The lowest BCUT2D eigenvalue weighted by atomic mass is 10.2. The van der Waals surface area contributed by atoms with Crippen molar-refractivity contribution in [2.75, 3.05) is 10.5 Å². The van der Waals surface area contributed by atoms with E-state index in [1.807, 2.05) is 0 Å². The Labute approximate surface area is 154 Å². The van der Waals surface area contributed by atoms with Gasteiger partial charge in [-0.05, 0) is 47.3 Å². The second-order valence-corrected chi connectivity index (χ2v) is 8.14. The molecule has 134 valence electrons. The average Bonchev–Trinajstić information content (AvgIpc) is 3.15. The zero-order chi connectivity index (χ0) is 18.6. The predicted molar refractivity (Wildman–Crippen MR) is 99.3 cm³/mol. The van der Waals surface area contributed by atoms with E-state index in [0.29, 0.717) is 11.4 Å². The summed E-state index contributed by atoms with van der Waals surface area (Å²) in [5, 5.41) is 1.67. The van der Waals surface area contributed by atoms with Crippen molar-refractivity contribution in [2.45, 2.75) is 10.8 Å². The summed E-state index contributed by atoms with van der Waals surface area (Å²) in [6, 6.07) is 12.6. The van der Waals surface area contributed by atoms with E-state index in [4.69, 9.17) is 10.5 Å². The molecule has 0 atom stereocenters. The number of sulfonamides is 1. The monoisotopic (exact) mass is 389 g/mol. The van der Waals surface area contributed by atoms with E-state index in [1.54, 1.807) is 41.8 Å². The number of nitrogens with one attached hydrogen (secondary N) is 1. The van der Waals surface area contributed by atoms with Gasteiger partial charge >= 0.3 is 5.97 Å². The Morgan fingerprint density at radius 2 is 2.04 bits per heavy atom. The van der Waals surface area contributed by atoms with E-state index < -0.39 is 16.0 Å². The third-order valence-electron chi connectivity index (χ3n) is 3.33. The first-order chi connectivity index (χ1) is 12.4. The zero-order valence-electron chi connectivity index (χ0n) is 13.5. The number of carbonyl (C=O) groups is 1.